The van der Waals surface area contributed by atoms with Gasteiger partial charge in [0.1, 0.15) is 9.84 Å². The number of sulfone groups is 1. The second-order valence-corrected chi connectivity index (χ2v) is 5.28. The van der Waals surface area contributed by atoms with Crippen LogP contribution in [0.3, 0.4) is 0 Å². The minimum absolute atomic E-state index is 0.286. The molecule has 1 fully saturated rings. The highest BCUT2D eigenvalue weighted by Crippen LogP contribution is 2.32. The van der Waals surface area contributed by atoms with Gasteiger partial charge in [0.15, 0.2) is 0 Å². The molecule has 0 aromatic rings. The molecule has 1 aliphatic carbocycles. The quantitative estimate of drug-likeness (QED) is 0.640. The van der Waals surface area contributed by atoms with Gasteiger partial charge in [-0.25, -0.2) is 8.42 Å². The molecule has 4 nitrogen and oxygen atoms in total. The first-order valence-electron chi connectivity index (χ1n) is 3.33. The maximum Gasteiger partial charge on any atom is 0.306 e. The summed E-state index contributed by atoms with van der Waals surface area (Å²) in [4.78, 5) is 10.3. The first-order chi connectivity index (χ1) is 4.91. The Morgan fingerprint density at radius 2 is 1.91 bits per heavy atom. The van der Waals surface area contributed by atoms with Crippen LogP contribution in [0.5, 0.6) is 0 Å². The molecule has 1 aliphatic rings. The Morgan fingerprint density at radius 3 is 2.18 bits per heavy atom. The lowest BCUT2D eigenvalue weighted by atomic mass is 9.85. The molecule has 0 spiro atoms. The average molecular weight is 178 g/mol. The smallest absolute Gasteiger partial charge is 0.306 e. The molecule has 0 amide bonds. The van der Waals surface area contributed by atoms with Gasteiger partial charge in [0.2, 0.25) is 0 Å². The van der Waals surface area contributed by atoms with Crippen LogP contribution in [0.25, 0.3) is 0 Å². The molecule has 0 radical (unpaired) electrons. The second-order valence-electron chi connectivity index (χ2n) is 2.96. The highest BCUT2D eigenvalue weighted by Gasteiger charge is 2.40. The van der Waals surface area contributed by atoms with Crippen molar-refractivity contribution in [2.24, 2.45) is 5.92 Å². The predicted molar refractivity (Wildman–Crippen MR) is 39.0 cm³/mol. The van der Waals surface area contributed by atoms with E-state index in [-0.39, 0.29) is 12.8 Å². The summed E-state index contributed by atoms with van der Waals surface area (Å²) in [5, 5.41) is 8.01. The third-order valence-electron chi connectivity index (χ3n) is 2.05. The van der Waals surface area contributed by atoms with E-state index in [4.69, 9.17) is 5.11 Å². The summed E-state index contributed by atoms with van der Waals surface area (Å²) >= 11 is 0. The molecule has 0 unspecified atom stereocenters. The second kappa shape index (κ2) is 2.48. The van der Waals surface area contributed by atoms with Crippen LogP contribution in [0.15, 0.2) is 0 Å². The molecular formula is C6H10O4S. The van der Waals surface area contributed by atoms with E-state index in [1.807, 2.05) is 0 Å². The van der Waals surface area contributed by atoms with E-state index in [1.54, 1.807) is 0 Å². The van der Waals surface area contributed by atoms with Crippen molar-refractivity contribution in [3.8, 4) is 0 Å². The number of aliphatic carboxylic acids is 1. The summed E-state index contributed by atoms with van der Waals surface area (Å²) in [7, 11) is -3.00. The normalized spacial score (nSPS) is 31.0. The molecule has 0 heterocycles. The van der Waals surface area contributed by atoms with Crippen LogP contribution in [-0.4, -0.2) is 31.0 Å². The molecule has 1 saturated carbocycles. The molecule has 0 atom stereocenters. The van der Waals surface area contributed by atoms with Crippen molar-refractivity contribution in [1.29, 1.82) is 0 Å². The summed E-state index contributed by atoms with van der Waals surface area (Å²) in [6.45, 7) is 0. The van der Waals surface area contributed by atoms with Crippen molar-refractivity contribution in [2.45, 2.75) is 18.1 Å². The zero-order valence-electron chi connectivity index (χ0n) is 6.15. The van der Waals surface area contributed by atoms with Gasteiger partial charge in [-0.2, -0.15) is 0 Å². The average Bonchev–Trinajstić information content (AvgIpc) is 1.51. The first kappa shape index (κ1) is 8.52. The number of hydrogen-bond donors (Lipinski definition) is 1. The van der Waals surface area contributed by atoms with Crippen LogP contribution < -0.4 is 0 Å². The lowest BCUT2D eigenvalue weighted by Gasteiger charge is -2.30. The number of carboxylic acid groups (broad SMARTS) is 1. The summed E-state index contributed by atoms with van der Waals surface area (Å²) < 4.78 is 21.6. The van der Waals surface area contributed by atoms with E-state index in [0.717, 1.165) is 6.26 Å². The molecule has 5 heteroatoms. The summed E-state index contributed by atoms with van der Waals surface area (Å²) in [5.74, 6) is -1.32. The van der Waals surface area contributed by atoms with Gasteiger partial charge < -0.3 is 5.11 Å². The largest absolute Gasteiger partial charge is 0.481 e. The monoisotopic (exact) mass is 178 g/mol. The summed E-state index contributed by atoms with van der Waals surface area (Å²) in [6.07, 6.45) is 1.72. The van der Waals surface area contributed by atoms with Crippen LogP contribution in [0.1, 0.15) is 12.8 Å². The van der Waals surface area contributed by atoms with Crippen LogP contribution in [-0.2, 0) is 14.6 Å². The Kier molecular flexibility index (Phi) is 1.92. The highest BCUT2D eigenvalue weighted by molar-refractivity contribution is 7.91. The van der Waals surface area contributed by atoms with Crippen molar-refractivity contribution < 1.29 is 18.3 Å². The van der Waals surface area contributed by atoms with E-state index in [9.17, 15) is 13.2 Å². The molecule has 0 aromatic heterocycles. The molecule has 0 aromatic carbocycles. The summed E-state index contributed by atoms with van der Waals surface area (Å²) in [6, 6.07) is 0. The van der Waals surface area contributed by atoms with Crippen molar-refractivity contribution in [3.63, 3.8) is 0 Å². The zero-order chi connectivity index (χ0) is 8.65. The number of rotatable bonds is 2. The van der Waals surface area contributed by atoms with Gasteiger partial charge in [-0.15, -0.1) is 0 Å². The fraction of sp³-hybridized carbons (Fsp3) is 0.833. The standard InChI is InChI=1S/C6H10O4S/c1-11(9,10)5-2-4(3-5)6(7)8/h4-5H,2-3H2,1H3,(H,7,8)/t4-,5+. The molecule has 0 saturated heterocycles. The van der Waals surface area contributed by atoms with E-state index in [1.165, 1.54) is 0 Å². The van der Waals surface area contributed by atoms with Crippen LogP contribution >= 0.6 is 0 Å². The molecule has 1 rings (SSSR count). The van der Waals surface area contributed by atoms with Crippen LogP contribution in [0.4, 0.5) is 0 Å². The highest BCUT2D eigenvalue weighted by atomic mass is 32.2. The van der Waals surface area contributed by atoms with Crippen molar-refractivity contribution in [1.82, 2.24) is 0 Å². The number of hydrogen-bond acceptors (Lipinski definition) is 3. The van der Waals surface area contributed by atoms with Gasteiger partial charge in [0.25, 0.3) is 0 Å². The SMILES string of the molecule is CS(=O)(=O)[C@H]1C[C@@H](C(=O)O)C1. The van der Waals surface area contributed by atoms with E-state index < -0.39 is 27.0 Å². The van der Waals surface area contributed by atoms with Gasteiger partial charge in [-0.05, 0) is 12.8 Å². The molecule has 0 bridgehead atoms. The maximum atomic E-state index is 10.8. The van der Waals surface area contributed by atoms with Gasteiger partial charge in [0.05, 0.1) is 11.2 Å². The zero-order valence-corrected chi connectivity index (χ0v) is 6.97. The third kappa shape index (κ3) is 1.71. The van der Waals surface area contributed by atoms with E-state index in [0.29, 0.717) is 0 Å². The molecule has 11 heavy (non-hydrogen) atoms. The Bertz CT molecular complexity index is 260. The maximum absolute atomic E-state index is 10.8. The predicted octanol–water partition coefficient (Wildman–Crippen LogP) is -0.106. The number of carbonyl (C=O) groups is 1. The lowest BCUT2D eigenvalue weighted by molar-refractivity contribution is -0.144. The fourth-order valence-corrected chi connectivity index (χ4v) is 2.28. The third-order valence-corrected chi connectivity index (χ3v) is 3.65. The lowest BCUT2D eigenvalue weighted by Crippen LogP contribution is -2.39. The molecule has 1 N–H and O–H groups in total. The van der Waals surface area contributed by atoms with Crippen molar-refractivity contribution >= 4 is 15.8 Å². The molecule has 64 valence electrons. The number of carboxylic acids is 1. The van der Waals surface area contributed by atoms with Crippen LogP contribution in [0, 0.1) is 5.92 Å². The summed E-state index contributed by atoms with van der Waals surface area (Å²) in [5.41, 5.74) is 0. The topological polar surface area (TPSA) is 71.4 Å². The van der Waals surface area contributed by atoms with Gasteiger partial charge in [-0.1, -0.05) is 0 Å². The first-order valence-corrected chi connectivity index (χ1v) is 5.28. The molecule has 0 aliphatic heterocycles. The Hall–Kier alpha value is -0.580. The Labute approximate surface area is 65.1 Å². The van der Waals surface area contributed by atoms with Crippen LogP contribution in [0.2, 0.25) is 0 Å². The minimum atomic E-state index is -3.00. The van der Waals surface area contributed by atoms with Crippen molar-refractivity contribution in [2.75, 3.05) is 6.26 Å². The van der Waals surface area contributed by atoms with Gasteiger partial charge >= 0.3 is 5.97 Å². The van der Waals surface area contributed by atoms with Crippen molar-refractivity contribution in [3.05, 3.63) is 0 Å². The van der Waals surface area contributed by atoms with E-state index >= 15 is 0 Å². The molecular weight excluding hydrogens is 168 g/mol. The Morgan fingerprint density at radius 1 is 1.45 bits per heavy atom. The van der Waals surface area contributed by atoms with E-state index in [2.05, 4.69) is 0 Å². The fourth-order valence-electron chi connectivity index (χ4n) is 1.12. The Balaban J connectivity index is 2.48. The van der Waals surface area contributed by atoms with Gasteiger partial charge in [-0.3, -0.25) is 4.79 Å². The van der Waals surface area contributed by atoms with Gasteiger partial charge in [0, 0.05) is 6.26 Å². The minimum Gasteiger partial charge on any atom is -0.481 e.